The molecule has 2 aromatic rings. The maximum atomic E-state index is 12.2. The first-order valence-electron chi connectivity index (χ1n) is 10.3. The minimum atomic E-state index is -0.319. The second kappa shape index (κ2) is 10.4. The van der Waals surface area contributed by atoms with Gasteiger partial charge in [-0.2, -0.15) is 0 Å². The highest BCUT2D eigenvalue weighted by Crippen LogP contribution is 2.26. The molecule has 1 fully saturated rings. The average molecular weight is 409 g/mol. The van der Waals surface area contributed by atoms with Gasteiger partial charge in [0, 0.05) is 35.9 Å². The van der Waals surface area contributed by atoms with Gasteiger partial charge < -0.3 is 21.3 Å². The molecule has 0 spiro atoms. The maximum absolute atomic E-state index is 12.2. The summed E-state index contributed by atoms with van der Waals surface area (Å²) in [7, 11) is 0. The van der Waals surface area contributed by atoms with Crippen molar-refractivity contribution in [1.29, 1.82) is 0 Å². The van der Waals surface area contributed by atoms with E-state index in [-0.39, 0.29) is 23.8 Å². The first-order chi connectivity index (χ1) is 14.5. The van der Waals surface area contributed by atoms with Crippen LogP contribution in [0.25, 0.3) is 0 Å². The van der Waals surface area contributed by atoms with Gasteiger partial charge in [-0.1, -0.05) is 31.0 Å². The number of amides is 4. The second-order valence-corrected chi connectivity index (χ2v) is 7.50. The van der Waals surface area contributed by atoms with Gasteiger partial charge in [0.2, 0.25) is 5.91 Å². The molecule has 0 unspecified atom stereocenters. The van der Waals surface area contributed by atoms with Crippen LogP contribution in [-0.2, 0) is 4.79 Å². The molecule has 0 heterocycles. The number of carbonyl (C=O) groups excluding carboxylic acids is 3. The molecule has 0 aromatic heterocycles. The number of rotatable bonds is 7. The van der Waals surface area contributed by atoms with E-state index in [9.17, 15) is 14.4 Å². The fourth-order valence-corrected chi connectivity index (χ4v) is 3.47. The summed E-state index contributed by atoms with van der Waals surface area (Å²) in [6.45, 7) is 2.53. The molecule has 0 saturated heterocycles. The van der Waals surface area contributed by atoms with E-state index in [1.54, 1.807) is 24.3 Å². The van der Waals surface area contributed by atoms with E-state index >= 15 is 0 Å². The number of anilines is 2. The van der Waals surface area contributed by atoms with Crippen molar-refractivity contribution in [3.05, 3.63) is 59.7 Å². The van der Waals surface area contributed by atoms with Crippen LogP contribution in [0.4, 0.5) is 16.2 Å². The van der Waals surface area contributed by atoms with Crippen molar-refractivity contribution in [3.63, 3.8) is 0 Å². The van der Waals surface area contributed by atoms with Crippen molar-refractivity contribution in [2.24, 2.45) is 5.92 Å². The summed E-state index contributed by atoms with van der Waals surface area (Å²) in [6.07, 6.45) is 4.12. The highest BCUT2D eigenvalue weighted by molar-refractivity contribution is 5.96. The SMILES string of the molecule is Cc1ccccc1NC(=O)NCCNC(=O)c1ccc(NC(=O)C2CCCC2)cc1. The van der Waals surface area contributed by atoms with E-state index in [0.717, 1.165) is 36.9 Å². The summed E-state index contributed by atoms with van der Waals surface area (Å²) < 4.78 is 0. The molecule has 2 aromatic carbocycles. The monoisotopic (exact) mass is 408 g/mol. The van der Waals surface area contributed by atoms with E-state index in [4.69, 9.17) is 0 Å². The Morgan fingerprint density at radius 2 is 1.53 bits per heavy atom. The van der Waals surface area contributed by atoms with Crippen LogP contribution in [0.2, 0.25) is 0 Å². The van der Waals surface area contributed by atoms with Crippen LogP contribution >= 0.6 is 0 Å². The number of benzene rings is 2. The number of hydrogen-bond donors (Lipinski definition) is 4. The van der Waals surface area contributed by atoms with Gasteiger partial charge >= 0.3 is 6.03 Å². The number of para-hydroxylation sites is 1. The summed E-state index contributed by atoms with van der Waals surface area (Å²) in [6, 6.07) is 14.0. The number of urea groups is 1. The Morgan fingerprint density at radius 1 is 0.867 bits per heavy atom. The first-order valence-corrected chi connectivity index (χ1v) is 10.3. The van der Waals surface area contributed by atoms with Crippen molar-refractivity contribution in [2.45, 2.75) is 32.6 Å². The van der Waals surface area contributed by atoms with Crippen molar-refractivity contribution < 1.29 is 14.4 Å². The van der Waals surface area contributed by atoms with Crippen LogP contribution in [0.1, 0.15) is 41.6 Å². The Bertz CT molecular complexity index is 890. The molecule has 4 amide bonds. The fourth-order valence-electron chi connectivity index (χ4n) is 3.47. The molecule has 1 saturated carbocycles. The standard InChI is InChI=1S/C23H28N4O3/c1-16-6-2-5-9-20(16)27-23(30)25-15-14-24-21(28)18-10-12-19(13-11-18)26-22(29)17-7-3-4-8-17/h2,5-6,9-13,17H,3-4,7-8,14-15H2,1H3,(H,24,28)(H,26,29)(H2,25,27,30). The van der Waals surface area contributed by atoms with Gasteiger partial charge in [-0.3, -0.25) is 9.59 Å². The topological polar surface area (TPSA) is 99.3 Å². The lowest BCUT2D eigenvalue weighted by molar-refractivity contribution is -0.119. The van der Waals surface area contributed by atoms with E-state index in [1.807, 2.05) is 31.2 Å². The third-order valence-corrected chi connectivity index (χ3v) is 5.23. The number of aryl methyl sites for hydroxylation is 1. The smallest absolute Gasteiger partial charge is 0.319 e. The zero-order chi connectivity index (χ0) is 21.3. The van der Waals surface area contributed by atoms with Gasteiger partial charge in [0.1, 0.15) is 0 Å². The van der Waals surface area contributed by atoms with Crippen LogP contribution in [0.5, 0.6) is 0 Å². The van der Waals surface area contributed by atoms with Gasteiger partial charge in [-0.05, 0) is 55.7 Å². The lowest BCUT2D eigenvalue weighted by Gasteiger charge is -2.11. The quantitative estimate of drug-likeness (QED) is 0.526. The second-order valence-electron chi connectivity index (χ2n) is 7.50. The minimum absolute atomic E-state index is 0.0553. The summed E-state index contributed by atoms with van der Waals surface area (Å²) in [5, 5.41) is 11.2. The van der Waals surface area contributed by atoms with Crippen LogP contribution < -0.4 is 21.3 Å². The number of nitrogens with one attached hydrogen (secondary N) is 4. The average Bonchev–Trinajstić information content (AvgIpc) is 3.28. The van der Waals surface area contributed by atoms with E-state index in [1.165, 1.54) is 0 Å². The zero-order valence-corrected chi connectivity index (χ0v) is 17.2. The molecule has 1 aliphatic rings. The number of carbonyl (C=O) groups is 3. The largest absolute Gasteiger partial charge is 0.350 e. The Kier molecular flexibility index (Phi) is 7.43. The molecule has 158 valence electrons. The lowest BCUT2D eigenvalue weighted by Crippen LogP contribution is -2.36. The predicted octanol–water partition coefficient (Wildman–Crippen LogP) is 3.68. The lowest BCUT2D eigenvalue weighted by atomic mass is 10.1. The van der Waals surface area contributed by atoms with Gasteiger partial charge in [0.15, 0.2) is 0 Å². The Labute approximate surface area is 176 Å². The van der Waals surface area contributed by atoms with E-state index in [0.29, 0.717) is 24.3 Å². The summed E-state index contributed by atoms with van der Waals surface area (Å²) in [4.78, 5) is 36.3. The molecule has 3 rings (SSSR count). The van der Waals surface area contributed by atoms with E-state index in [2.05, 4.69) is 21.3 Å². The highest BCUT2D eigenvalue weighted by Gasteiger charge is 2.22. The van der Waals surface area contributed by atoms with E-state index < -0.39 is 0 Å². The highest BCUT2D eigenvalue weighted by atomic mass is 16.2. The predicted molar refractivity (Wildman–Crippen MR) is 118 cm³/mol. The summed E-state index contributed by atoms with van der Waals surface area (Å²) in [5.41, 5.74) is 2.92. The van der Waals surface area contributed by atoms with Crippen LogP contribution in [-0.4, -0.2) is 30.9 Å². The summed E-state index contributed by atoms with van der Waals surface area (Å²) in [5.74, 6) is -0.0759. The molecule has 7 nitrogen and oxygen atoms in total. The van der Waals surface area contributed by atoms with Crippen molar-refractivity contribution in [3.8, 4) is 0 Å². The van der Waals surface area contributed by atoms with Crippen LogP contribution in [0.15, 0.2) is 48.5 Å². The molecule has 30 heavy (non-hydrogen) atoms. The van der Waals surface area contributed by atoms with Crippen LogP contribution in [0, 0.1) is 12.8 Å². The molecule has 0 bridgehead atoms. The number of hydrogen-bond acceptors (Lipinski definition) is 3. The summed E-state index contributed by atoms with van der Waals surface area (Å²) >= 11 is 0. The molecular weight excluding hydrogens is 380 g/mol. The molecule has 4 N–H and O–H groups in total. The molecule has 1 aliphatic carbocycles. The maximum Gasteiger partial charge on any atom is 0.319 e. The van der Waals surface area contributed by atoms with Gasteiger partial charge in [-0.25, -0.2) is 4.79 Å². The van der Waals surface area contributed by atoms with Crippen molar-refractivity contribution in [1.82, 2.24) is 10.6 Å². The van der Waals surface area contributed by atoms with Gasteiger partial charge in [0.25, 0.3) is 5.91 Å². The third kappa shape index (κ3) is 6.07. The Balaban J connectivity index is 1.37. The fraction of sp³-hybridized carbons (Fsp3) is 0.348. The third-order valence-electron chi connectivity index (χ3n) is 5.23. The van der Waals surface area contributed by atoms with Crippen molar-refractivity contribution >= 4 is 29.2 Å². The Hall–Kier alpha value is -3.35. The molecule has 0 radical (unpaired) electrons. The van der Waals surface area contributed by atoms with Gasteiger partial charge in [-0.15, -0.1) is 0 Å². The zero-order valence-electron chi connectivity index (χ0n) is 17.2. The van der Waals surface area contributed by atoms with Crippen molar-refractivity contribution in [2.75, 3.05) is 23.7 Å². The Morgan fingerprint density at radius 3 is 2.23 bits per heavy atom. The van der Waals surface area contributed by atoms with Gasteiger partial charge in [0.05, 0.1) is 0 Å². The van der Waals surface area contributed by atoms with Crippen LogP contribution in [0.3, 0.4) is 0 Å². The molecule has 7 heteroatoms. The minimum Gasteiger partial charge on any atom is -0.350 e. The first kappa shape index (κ1) is 21.4. The molecule has 0 aliphatic heterocycles. The molecule has 0 atom stereocenters. The normalized spacial score (nSPS) is 13.5. The molecular formula is C23H28N4O3.